The van der Waals surface area contributed by atoms with Crippen molar-refractivity contribution in [3.63, 3.8) is 0 Å². The van der Waals surface area contributed by atoms with Crippen LogP contribution in [0.5, 0.6) is 0 Å². The zero-order valence-corrected chi connectivity index (χ0v) is 19.0. The van der Waals surface area contributed by atoms with E-state index in [-0.39, 0.29) is 18.1 Å². The molecule has 1 heterocycles. The zero-order valence-electron chi connectivity index (χ0n) is 18.2. The molecule has 0 bridgehead atoms. The lowest BCUT2D eigenvalue weighted by molar-refractivity contribution is -0.144. The maximum Gasteiger partial charge on any atom is 0.413 e. The summed E-state index contributed by atoms with van der Waals surface area (Å²) in [5, 5.41) is 11.6. The minimum Gasteiger partial charge on any atom is -0.479 e. The van der Waals surface area contributed by atoms with E-state index in [1.54, 1.807) is 12.1 Å². The first-order valence-corrected chi connectivity index (χ1v) is 11.5. The first kappa shape index (κ1) is 22.5. The first-order valence-electron chi connectivity index (χ1n) is 10.7. The molecule has 3 N–H and O–H groups in total. The number of ether oxygens (including phenoxy) is 1. The van der Waals surface area contributed by atoms with Crippen molar-refractivity contribution in [1.82, 2.24) is 10.5 Å². The Hall–Kier alpha value is -4.28. The molecule has 0 saturated heterocycles. The quantitative estimate of drug-likeness (QED) is 0.328. The summed E-state index contributed by atoms with van der Waals surface area (Å²) in [6, 6.07) is 20.9. The number of hydroxylamine groups is 1. The molecule has 0 atom stereocenters. The molecule has 1 aromatic heterocycles. The van der Waals surface area contributed by atoms with Gasteiger partial charge in [0.1, 0.15) is 6.61 Å². The molecular formula is C25H19N3O6S. The van der Waals surface area contributed by atoms with Gasteiger partial charge in [-0.05, 0) is 40.5 Å². The number of hydrogen-bond acceptors (Lipinski definition) is 7. The van der Waals surface area contributed by atoms with Crippen molar-refractivity contribution in [3.8, 4) is 11.1 Å². The van der Waals surface area contributed by atoms with Crippen molar-refractivity contribution in [2.24, 2.45) is 0 Å². The molecule has 1 aliphatic rings. The lowest BCUT2D eigenvalue weighted by Crippen LogP contribution is -2.26. The lowest BCUT2D eigenvalue weighted by Gasteiger charge is -2.14. The maximum absolute atomic E-state index is 12.5. The van der Waals surface area contributed by atoms with Crippen LogP contribution >= 0.6 is 11.3 Å². The van der Waals surface area contributed by atoms with Crippen LogP contribution in [0.1, 0.15) is 27.4 Å². The first-order chi connectivity index (χ1) is 17.0. The van der Waals surface area contributed by atoms with Crippen molar-refractivity contribution >= 4 is 44.7 Å². The molecule has 9 nitrogen and oxygen atoms in total. The van der Waals surface area contributed by atoms with Gasteiger partial charge in [0.2, 0.25) is 0 Å². The van der Waals surface area contributed by atoms with Gasteiger partial charge in [0.15, 0.2) is 11.7 Å². The molecule has 0 fully saturated rings. The Labute approximate surface area is 203 Å². The van der Waals surface area contributed by atoms with Crippen LogP contribution in [0.4, 0.5) is 9.93 Å². The highest BCUT2D eigenvalue weighted by atomic mass is 32.1. The van der Waals surface area contributed by atoms with Crippen molar-refractivity contribution in [1.29, 1.82) is 0 Å². The number of aromatic nitrogens is 1. The number of hydrogen-bond donors (Lipinski definition) is 3. The van der Waals surface area contributed by atoms with Gasteiger partial charge in [0.25, 0.3) is 5.91 Å². The molecule has 4 aromatic rings. The number of carbonyl (C=O) groups is 3. The minimum atomic E-state index is -1.20. The van der Waals surface area contributed by atoms with Gasteiger partial charge in [0.05, 0.1) is 10.2 Å². The van der Waals surface area contributed by atoms with Gasteiger partial charge in [-0.1, -0.05) is 59.9 Å². The summed E-state index contributed by atoms with van der Waals surface area (Å²) >= 11 is 1.18. The van der Waals surface area contributed by atoms with E-state index in [0.717, 1.165) is 22.3 Å². The largest absolute Gasteiger partial charge is 0.479 e. The van der Waals surface area contributed by atoms with Gasteiger partial charge in [-0.3, -0.25) is 14.9 Å². The van der Waals surface area contributed by atoms with Crippen LogP contribution in [-0.2, 0) is 14.4 Å². The second kappa shape index (κ2) is 9.53. The zero-order chi connectivity index (χ0) is 24.4. The van der Waals surface area contributed by atoms with E-state index in [9.17, 15) is 14.4 Å². The molecule has 0 aliphatic heterocycles. The average Bonchev–Trinajstić information content (AvgIpc) is 3.40. The fourth-order valence-corrected chi connectivity index (χ4v) is 4.95. The highest BCUT2D eigenvalue weighted by Gasteiger charge is 2.29. The van der Waals surface area contributed by atoms with Gasteiger partial charge in [0, 0.05) is 11.5 Å². The van der Waals surface area contributed by atoms with Crippen LogP contribution in [0.15, 0.2) is 66.7 Å². The Morgan fingerprint density at radius 3 is 2.34 bits per heavy atom. The van der Waals surface area contributed by atoms with E-state index in [2.05, 4.69) is 44.9 Å². The summed E-state index contributed by atoms with van der Waals surface area (Å²) in [6.07, 6.45) is -0.619. The number of thiazole rings is 1. The van der Waals surface area contributed by atoms with E-state index in [0.29, 0.717) is 15.3 Å². The van der Waals surface area contributed by atoms with Crippen LogP contribution in [0.3, 0.4) is 0 Å². The number of aliphatic carboxylic acids is 1. The Morgan fingerprint density at radius 2 is 1.66 bits per heavy atom. The number of benzene rings is 3. The molecule has 0 saturated carbocycles. The van der Waals surface area contributed by atoms with E-state index < -0.39 is 24.6 Å². The Bertz CT molecular complexity index is 1400. The van der Waals surface area contributed by atoms with Gasteiger partial charge in [-0.2, -0.15) is 0 Å². The summed E-state index contributed by atoms with van der Waals surface area (Å²) in [4.78, 5) is 44.1. The van der Waals surface area contributed by atoms with E-state index in [4.69, 9.17) is 9.84 Å². The number of amides is 2. The van der Waals surface area contributed by atoms with E-state index >= 15 is 0 Å². The number of fused-ring (bicyclic) bond motifs is 4. The van der Waals surface area contributed by atoms with Crippen molar-refractivity contribution in [3.05, 3.63) is 83.4 Å². The predicted molar refractivity (Wildman–Crippen MR) is 129 cm³/mol. The molecule has 0 unspecified atom stereocenters. The maximum atomic E-state index is 12.5. The highest BCUT2D eigenvalue weighted by molar-refractivity contribution is 7.22. The van der Waals surface area contributed by atoms with Gasteiger partial charge >= 0.3 is 12.1 Å². The molecule has 0 spiro atoms. The molecule has 0 radical (unpaired) electrons. The van der Waals surface area contributed by atoms with E-state index in [1.165, 1.54) is 17.4 Å². The summed E-state index contributed by atoms with van der Waals surface area (Å²) in [5.74, 6) is -1.84. The smallest absolute Gasteiger partial charge is 0.413 e. The molecule has 176 valence electrons. The summed E-state index contributed by atoms with van der Waals surface area (Å²) in [6.45, 7) is -0.464. The second-order valence-corrected chi connectivity index (χ2v) is 8.80. The number of carbonyl (C=O) groups excluding carboxylic acids is 2. The monoisotopic (exact) mass is 489 g/mol. The fourth-order valence-electron chi connectivity index (χ4n) is 4.06. The van der Waals surface area contributed by atoms with Crippen LogP contribution in [0, 0.1) is 0 Å². The Balaban J connectivity index is 1.23. The minimum absolute atomic E-state index is 0.0482. The molecule has 10 heteroatoms. The van der Waals surface area contributed by atoms with Crippen molar-refractivity contribution < 1.29 is 29.1 Å². The third-order valence-electron chi connectivity index (χ3n) is 5.56. The van der Waals surface area contributed by atoms with Crippen molar-refractivity contribution in [2.75, 3.05) is 18.5 Å². The third-order valence-corrected chi connectivity index (χ3v) is 6.50. The lowest BCUT2D eigenvalue weighted by atomic mass is 9.98. The highest BCUT2D eigenvalue weighted by Crippen LogP contribution is 2.44. The SMILES string of the molecule is O=C(O)CONC(=O)c1ccc2nc(NC(=O)OCC3c4ccccc4-c4ccccc43)sc2c1. The molecular weight excluding hydrogens is 470 g/mol. The average molecular weight is 490 g/mol. The third kappa shape index (κ3) is 4.70. The summed E-state index contributed by atoms with van der Waals surface area (Å²) < 4.78 is 6.21. The topological polar surface area (TPSA) is 127 Å². The van der Waals surface area contributed by atoms with E-state index in [1.807, 2.05) is 24.3 Å². The molecule has 3 aromatic carbocycles. The van der Waals surface area contributed by atoms with Gasteiger partial charge in [-0.25, -0.2) is 20.1 Å². The number of rotatable bonds is 7. The fraction of sp³-hybridized carbons (Fsp3) is 0.120. The van der Waals surface area contributed by atoms with Gasteiger partial charge in [-0.15, -0.1) is 0 Å². The van der Waals surface area contributed by atoms with Crippen LogP contribution in [-0.4, -0.2) is 41.3 Å². The number of carboxylic acids is 1. The van der Waals surface area contributed by atoms with Crippen LogP contribution in [0.2, 0.25) is 0 Å². The summed E-state index contributed by atoms with van der Waals surface area (Å²) in [5.41, 5.74) is 7.47. The normalized spacial score (nSPS) is 12.1. The van der Waals surface area contributed by atoms with Crippen molar-refractivity contribution in [2.45, 2.75) is 5.92 Å². The molecule has 35 heavy (non-hydrogen) atoms. The summed E-state index contributed by atoms with van der Waals surface area (Å²) in [7, 11) is 0. The van der Waals surface area contributed by atoms with Gasteiger partial charge < -0.3 is 9.84 Å². The number of anilines is 1. The molecule has 1 aliphatic carbocycles. The Kier molecular flexibility index (Phi) is 6.13. The van der Waals surface area contributed by atoms with Crippen LogP contribution < -0.4 is 10.8 Å². The second-order valence-electron chi connectivity index (χ2n) is 7.77. The Morgan fingerprint density at radius 1 is 0.971 bits per heavy atom. The number of nitrogens with one attached hydrogen (secondary N) is 2. The molecule has 5 rings (SSSR count). The number of nitrogens with zero attached hydrogens (tertiary/aromatic N) is 1. The molecule has 2 amide bonds. The predicted octanol–water partition coefficient (Wildman–Crippen LogP) is 4.40. The standard InChI is InChI=1S/C25H19N3O6S/c29-22(30)13-34-28-23(31)14-9-10-20-21(11-14)35-24(26-20)27-25(32)33-12-19-17-7-3-1-5-15(17)16-6-2-4-8-18(16)19/h1-11,19H,12-13H2,(H,28,31)(H,29,30)(H,26,27,32). The van der Waals surface area contributed by atoms with Crippen LogP contribution in [0.25, 0.3) is 21.3 Å². The number of carboxylic acid groups (broad SMARTS) is 1.